The summed E-state index contributed by atoms with van der Waals surface area (Å²) >= 11 is 0. The fourth-order valence-corrected chi connectivity index (χ4v) is 12.0. The molecule has 6 aromatic carbocycles. The molecule has 1 aliphatic rings. The highest BCUT2D eigenvalue weighted by Crippen LogP contribution is 2.68. The molecule has 18 nitrogen and oxygen atoms in total. The van der Waals surface area contributed by atoms with Crippen molar-refractivity contribution in [1.29, 1.82) is 0 Å². The fraction of sp³-hybridized carbons (Fsp3) is 0.158. The van der Waals surface area contributed by atoms with E-state index in [0.29, 0.717) is 16.5 Å². The van der Waals surface area contributed by atoms with Crippen LogP contribution in [0.2, 0.25) is 0 Å². The first-order chi connectivity index (χ1) is 28.6. The van der Waals surface area contributed by atoms with Crippen molar-refractivity contribution in [2.24, 2.45) is 0 Å². The molecule has 4 unspecified atom stereocenters. The van der Waals surface area contributed by atoms with Crippen molar-refractivity contribution in [2.45, 2.75) is 23.3 Å². The Morgan fingerprint density at radius 3 is 2.08 bits per heavy atom. The summed E-state index contributed by atoms with van der Waals surface area (Å²) in [6.45, 7) is -1.52. The molecule has 2 heterocycles. The molecule has 0 aliphatic carbocycles. The van der Waals surface area contributed by atoms with E-state index in [1.807, 2.05) is 36.4 Å². The zero-order chi connectivity index (χ0) is 42.3. The van der Waals surface area contributed by atoms with Crippen LogP contribution in [0.4, 0.5) is 11.5 Å². The number of nitrogens with zero attached hydrogens (tertiary/aromatic N) is 2. The van der Waals surface area contributed by atoms with E-state index in [1.54, 1.807) is 72.8 Å². The van der Waals surface area contributed by atoms with Gasteiger partial charge in [-0.15, -0.1) is 0 Å². The molecule has 0 radical (unpaired) electrons. The Morgan fingerprint density at radius 1 is 0.750 bits per heavy atom. The van der Waals surface area contributed by atoms with Gasteiger partial charge < -0.3 is 29.5 Å². The quantitative estimate of drug-likeness (QED) is 0.0559. The number of hydrogen-bond donors (Lipinski definition) is 4. The van der Waals surface area contributed by atoms with Gasteiger partial charge in [-0.1, -0.05) is 84.9 Å². The monoisotopic (exact) mass is 897 g/mol. The SMILES string of the molecule is O=c1nc(Nc2ccccc2)ccn1[C@@H]1OCC(OP(=O)(O)OP(=O)(O)OP(=O)(O)OCCS(=O)(=O)c2ccc3ccc4cccc5ccc2c3c45)[C@@H]1Oc1ccccc1. The molecule has 7 aromatic rings. The molecular formula is C38H34N3O15P3S. The Bertz CT molecular complexity index is 3000. The maximum atomic E-state index is 13.5. The van der Waals surface area contributed by atoms with Crippen LogP contribution in [0.1, 0.15) is 6.23 Å². The second kappa shape index (κ2) is 16.6. The summed E-state index contributed by atoms with van der Waals surface area (Å²) in [7, 11) is -21.5. The first-order valence-electron chi connectivity index (χ1n) is 17.9. The Hall–Kier alpha value is -4.84. The third-order valence-corrected chi connectivity index (χ3v) is 15.4. The van der Waals surface area contributed by atoms with E-state index in [-0.39, 0.29) is 16.5 Å². The van der Waals surface area contributed by atoms with Crippen LogP contribution < -0.4 is 15.7 Å². The van der Waals surface area contributed by atoms with E-state index < -0.39 is 76.4 Å². The predicted molar refractivity (Wildman–Crippen MR) is 219 cm³/mol. The van der Waals surface area contributed by atoms with Crippen LogP contribution in [0.5, 0.6) is 5.75 Å². The standard InChI is InChI=1S/C38H34N3O15P3S/c42-38-40-33(39-28-10-3-1-4-11-28)20-21-41(38)37-36(53-29-12-5-2-6-13-29)31(24-51-37)54-58(45,46)56-59(47,48)55-57(43,44)52-22-23-60(49,50)32-19-17-27-15-14-25-8-7-9-26-16-18-30(32)35(27)34(25)26/h1-21,31,36-37H,22-24H2,(H,43,44)(H,45,46)(H,47,48)(H,39,40,42)/t31?,36-,37+/m0/s1. The van der Waals surface area contributed by atoms with Crippen LogP contribution in [-0.2, 0) is 45.9 Å². The van der Waals surface area contributed by atoms with E-state index in [1.165, 1.54) is 18.3 Å². The van der Waals surface area contributed by atoms with Crippen LogP contribution in [0.15, 0.2) is 137 Å². The van der Waals surface area contributed by atoms with Gasteiger partial charge in [-0.25, -0.2) is 26.9 Å². The van der Waals surface area contributed by atoms with Crippen molar-refractivity contribution in [3.05, 3.63) is 138 Å². The van der Waals surface area contributed by atoms with Crippen LogP contribution in [0.3, 0.4) is 0 Å². The minimum absolute atomic E-state index is 0.0778. The van der Waals surface area contributed by atoms with Gasteiger partial charge in [0.15, 0.2) is 22.2 Å². The molecule has 0 spiro atoms. The zero-order valence-electron chi connectivity index (χ0n) is 30.9. The molecule has 0 amide bonds. The lowest BCUT2D eigenvalue weighted by Crippen LogP contribution is -2.39. The number of rotatable bonds is 16. The first kappa shape index (κ1) is 41.9. The summed E-state index contributed by atoms with van der Waals surface area (Å²) < 4.78 is 96.9. The molecule has 0 bridgehead atoms. The number of anilines is 2. The summed E-state index contributed by atoms with van der Waals surface area (Å²) in [5, 5.41) is 7.60. The number of para-hydroxylation sites is 2. The van der Waals surface area contributed by atoms with Gasteiger partial charge in [-0.05, 0) is 63.3 Å². The van der Waals surface area contributed by atoms with Gasteiger partial charge in [0.05, 0.1) is 23.9 Å². The van der Waals surface area contributed by atoms with E-state index in [9.17, 15) is 41.6 Å². The van der Waals surface area contributed by atoms with Gasteiger partial charge in [-0.3, -0.25) is 13.6 Å². The molecule has 60 heavy (non-hydrogen) atoms. The lowest BCUT2D eigenvalue weighted by Gasteiger charge is -2.26. The molecule has 1 fully saturated rings. The smallest absolute Gasteiger partial charge is 0.483 e. The van der Waals surface area contributed by atoms with Gasteiger partial charge in [0, 0.05) is 17.3 Å². The summed E-state index contributed by atoms with van der Waals surface area (Å²) in [4.78, 5) is 48.3. The molecule has 1 saturated heterocycles. The van der Waals surface area contributed by atoms with Gasteiger partial charge >= 0.3 is 29.2 Å². The Morgan fingerprint density at radius 2 is 1.38 bits per heavy atom. The fourth-order valence-electron chi connectivity index (χ4n) is 6.87. The summed E-state index contributed by atoms with van der Waals surface area (Å²) in [6, 6.07) is 34.4. The largest absolute Gasteiger partial charge is 0.490 e. The van der Waals surface area contributed by atoms with E-state index in [0.717, 1.165) is 26.1 Å². The van der Waals surface area contributed by atoms with E-state index in [2.05, 4.69) is 18.9 Å². The molecule has 6 atom stereocenters. The maximum absolute atomic E-state index is 13.5. The maximum Gasteiger partial charge on any atom is 0.490 e. The molecule has 1 aromatic heterocycles. The van der Waals surface area contributed by atoms with Crippen molar-refractivity contribution in [2.75, 3.05) is 24.3 Å². The predicted octanol–water partition coefficient (Wildman–Crippen LogP) is 7.07. The highest BCUT2D eigenvalue weighted by Gasteiger charge is 2.49. The summed E-state index contributed by atoms with van der Waals surface area (Å²) in [5.74, 6) is -0.435. The van der Waals surface area contributed by atoms with Gasteiger partial charge in [0.2, 0.25) is 0 Å². The number of phosphoric ester groups is 2. The molecule has 22 heteroatoms. The lowest BCUT2D eigenvalue weighted by molar-refractivity contribution is -0.00787. The third kappa shape index (κ3) is 9.23. The minimum Gasteiger partial charge on any atom is -0.483 e. The van der Waals surface area contributed by atoms with Crippen molar-refractivity contribution < 1.29 is 63.9 Å². The molecule has 1 aliphatic heterocycles. The second-order valence-corrected chi connectivity index (χ2v) is 20.1. The Labute approximate surface area is 341 Å². The van der Waals surface area contributed by atoms with Crippen molar-refractivity contribution in [3.63, 3.8) is 0 Å². The topological polar surface area (TPSA) is 248 Å². The summed E-state index contributed by atoms with van der Waals surface area (Å²) in [6.07, 6.45) is -2.93. The number of phosphoric acid groups is 3. The van der Waals surface area contributed by atoms with E-state index in [4.69, 9.17) is 18.5 Å². The Kier molecular flexibility index (Phi) is 11.6. The number of hydrogen-bond acceptors (Lipinski definition) is 14. The van der Waals surface area contributed by atoms with Crippen LogP contribution in [-0.4, -0.2) is 63.8 Å². The molecule has 4 N–H and O–H groups in total. The molecule has 8 rings (SSSR count). The molecular weight excluding hydrogens is 863 g/mol. The minimum atomic E-state index is -5.98. The normalized spacial score (nSPS) is 20.1. The molecule has 312 valence electrons. The third-order valence-electron chi connectivity index (χ3n) is 9.36. The Balaban J connectivity index is 0.927. The second-order valence-electron chi connectivity index (χ2n) is 13.4. The van der Waals surface area contributed by atoms with Crippen LogP contribution in [0, 0.1) is 0 Å². The lowest BCUT2D eigenvalue weighted by atomic mass is 9.94. The number of benzene rings is 6. The average molecular weight is 898 g/mol. The van der Waals surface area contributed by atoms with Gasteiger partial charge in [-0.2, -0.15) is 13.6 Å². The highest BCUT2D eigenvalue weighted by molar-refractivity contribution is 7.91. The summed E-state index contributed by atoms with van der Waals surface area (Å²) in [5.41, 5.74) is -0.141. The molecule has 0 saturated carbocycles. The number of ether oxygens (including phenoxy) is 2. The van der Waals surface area contributed by atoms with Crippen molar-refractivity contribution in [1.82, 2.24) is 9.55 Å². The van der Waals surface area contributed by atoms with Crippen LogP contribution in [0.25, 0.3) is 32.3 Å². The van der Waals surface area contributed by atoms with E-state index >= 15 is 0 Å². The van der Waals surface area contributed by atoms with Crippen molar-refractivity contribution >= 4 is 77.1 Å². The van der Waals surface area contributed by atoms with Gasteiger partial charge in [0.25, 0.3) is 0 Å². The average Bonchev–Trinajstić information content (AvgIpc) is 3.56. The number of nitrogens with one attached hydrogen (secondary N) is 1. The zero-order valence-corrected chi connectivity index (χ0v) is 34.4. The first-order valence-corrected chi connectivity index (χ1v) is 24.1. The number of aromatic nitrogens is 2. The van der Waals surface area contributed by atoms with Gasteiger partial charge in [0.1, 0.15) is 17.7 Å². The van der Waals surface area contributed by atoms with Crippen molar-refractivity contribution in [3.8, 4) is 5.75 Å². The van der Waals surface area contributed by atoms with Crippen LogP contribution >= 0.6 is 23.5 Å². The number of sulfone groups is 1. The highest BCUT2D eigenvalue weighted by atomic mass is 32.2.